The SMILES string of the molecule is CC(C)Oc1ccc(C2OCCO2)cc1.CCOC(OCC)c1ccc(OC(C)C)cc1.CCOc1ccc(C(OC)OC)cc1.CCOc1ccc(C(OCC)OCC)cc1.CCOc1ccc(C2OCCO2)cc1.COC(OC)c1ccc(OC(C)C)cc1.COc1ccc(C(OC)OC)cc1.COc1ccc(C2OCC(C)O2)cc1.COc1ccc(C2OCCO2)cc1. The van der Waals surface area contributed by atoms with Crippen LogP contribution in [0.3, 0.4) is 0 Å². The number of hydrogen-bond donors (Lipinski definition) is 0. The second-order valence-electron chi connectivity index (χ2n) is 29.3. The van der Waals surface area contributed by atoms with Gasteiger partial charge in [0.1, 0.15) is 51.7 Å². The average Bonchev–Trinajstić information content (AvgIpc) is 1.70. The van der Waals surface area contributed by atoms with Gasteiger partial charge in [0.2, 0.25) is 0 Å². The molecule has 0 aromatic heterocycles. The predicted molar refractivity (Wildman–Crippen MR) is 504 cm³/mol. The summed E-state index contributed by atoms with van der Waals surface area (Å²) in [5.41, 5.74) is 9.15. The molecule has 4 aliphatic rings. The summed E-state index contributed by atoms with van der Waals surface area (Å²) in [7, 11) is 14.6. The normalized spacial score (nSPS) is 14.6. The number of rotatable bonds is 38. The Morgan fingerprint density at radius 2 is 0.435 bits per heavy atom. The Morgan fingerprint density at radius 3 is 0.634 bits per heavy atom. The van der Waals surface area contributed by atoms with Crippen LogP contribution in [0.15, 0.2) is 218 Å². The van der Waals surface area contributed by atoms with Crippen LogP contribution in [0.25, 0.3) is 0 Å². The maximum atomic E-state index is 5.59. The van der Waals surface area contributed by atoms with E-state index in [0.717, 1.165) is 102 Å². The smallest absolute Gasteiger partial charge is 0.184 e. The lowest BCUT2D eigenvalue weighted by Gasteiger charge is -2.18. The minimum absolute atomic E-state index is 0.183. The summed E-state index contributed by atoms with van der Waals surface area (Å²) >= 11 is 0. The summed E-state index contributed by atoms with van der Waals surface area (Å²) in [5.74, 6) is 7.76. The highest BCUT2D eigenvalue weighted by Gasteiger charge is 2.25. The van der Waals surface area contributed by atoms with E-state index in [2.05, 4.69) is 0 Å². The second kappa shape index (κ2) is 66.8. The fourth-order valence-corrected chi connectivity index (χ4v) is 12.4. The number of benzene rings is 9. The molecule has 2 atom stereocenters. The molecule has 131 heavy (non-hydrogen) atoms. The summed E-state index contributed by atoms with van der Waals surface area (Å²) in [5, 5.41) is 0. The van der Waals surface area contributed by atoms with Gasteiger partial charge in [-0.2, -0.15) is 0 Å². The van der Waals surface area contributed by atoms with Crippen molar-refractivity contribution in [2.75, 3.05) is 156 Å². The van der Waals surface area contributed by atoms with Crippen LogP contribution in [0.1, 0.15) is 204 Å². The van der Waals surface area contributed by atoms with Gasteiger partial charge < -0.3 is 128 Å². The molecule has 0 spiro atoms. The molecule has 4 fully saturated rings. The molecule has 4 aliphatic heterocycles. The molecule has 0 aliphatic carbocycles. The van der Waals surface area contributed by atoms with Gasteiger partial charge in [0.25, 0.3) is 0 Å². The zero-order chi connectivity index (χ0) is 95.3. The molecule has 0 bridgehead atoms. The van der Waals surface area contributed by atoms with Crippen molar-refractivity contribution in [2.24, 2.45) is 0 Å². The highest BCUT2D eigenvalue weighted by atomic mass is 16.7. The first kappa shape index (κ1) is 112. The molecule has 0 radical (unpaired) electrons. The van der Waals surface area contributed by atoms with Crippen LogP contribution < -0.4 is 42.6 Å². The van der Waals surface area contributed by atoms with Gasteiger partial charge in [-0.25, -0.2) is 0 Å². The first-order valence-electron chi connectivity index (χ1n) is 44.6. The number of ether oxygens (including phenoxy) is 27. The van der Waals surface area contributed by atoms with Gasteiger partial charge in [0.15, 0.2) is 56.6 Å². The van der Waals surface area contributed by atoms with Gasteiger partial charge in [-0.3, -0.25) is 0 Å². The van der Waals surface area contributed by atoms with Crippen LogP contribution >= 0.6 is 0 Å². The Hall–Kier alpha value is -9.54. The standard InChI is InChI=1S/C14H22O3.C13H20O3.C12H16O3.C12H18O3.2C11H14O3.C11H16O3.C10H12O3.C10H14O3/c1-5-15-14(16-6-2)12-7-9-13(10-8-12)17-11(3)4;1-4-14-12-9-7-11(8-10-12)13(15-5-2)16-6-3;1-9(2)15-11-5-3-10(4-6-11)12-13-7-8-14-12;1-9(2)15-11-7-5-10(6-8-11)12(13-3)14-4;1-8-7-13-11(14-8)9-3-5-10(12-2)6-4-9;1-2-12-10-5-3-9(4-6-10)11-13-7-8-14-11;1-4-14-10-7-5-9(6-8-10)11(12-2)13-3;1-11-9-4-2-8(3-5-9)10-12-6-7-13-10;1-11-9-6-4-8(5-7-9)10(12-2)13-3/h7-11,14H,5-6H2,1-4H3;7-10,13H,4-6H2,1-3H3;3-6,9,12H,7-8H2,1-2H3;5-9,12H,1-4H3;3-6,8,11H,7H2,1-2H3;3-6,11H,2,7-8H2,1H3;5-8,11H,4H2,1-3H3;2-5,10H,6-7H2,1H3;4-7,10H,1-3H3. The topological polar surface area (TPSA) is 249 Å². The molecule has 0 saturated carbocycles. The summed E-state index contributed by atoms with van der Waals surface area (Å²) in [6, 6.07) is 69.7. The van der Waals surface area contributed by atoms with Crippen molar-refractivity contribution in [1.29, 1.82) is 0 Å². The van der Waals surface area contributed by atoms with Gasteiger partial charge in [-0.1, -0.05) is 109 Å². The first-order valence-corrected chi connectivity index (χ1v) is 44.6. The third kappa shape index (κ3) is 43.4. The fourth-order valence-electron chi connectivity index (χ4n) is 12.4. The third-order valence-corrected chi connectivity index (χ3v) is 18.4. The predicted octanol–water partition coefficient (Wildman–Crippen LogP) is 22.4. The van der Waals surface area contributed by atoms with Crippen molar-refractivity contribution in [2.45, 2.75) is 178 Å². The van der Waals surface area contributed by atoms with Crippen LogP contribution in [0.4, 0.5) is 0 Å². The first-order chi connectivity index (χ1) is 63.6. The lowest BCUT2D eigenvalue weighted by atomic mass is 10.2. The molecular weight excluding hydrogens is 1680 g/mol. The van der Waals surface area contributed by atoms with Crippen LogP contribution in [0, 0.1) is 0 Å². The summed E-state index contributed by atoms with van der Waals surface area (Å²) < 4.78 is 144. The van der Waals surface area contributed by atoms with Crippen LogP contribution in [-0.4, -0.2) is 181 Å². The minimum Gasteiger partial charge on any atom is -0.497 e. The van der Waals surface area contributed by atoms with E-state index in [-0.39, 0.29) is 81.0 Å². The van der Waals surface area contributed by atoms with Crippen molar-refractivity contribution in [3.8, 4) is 51.7 Å². The Balaban J connectivity index is 0.000000261. The van der Waals surface area contributed by atoms with Gasteiger partial charge in [0, 0.05) is 119 Å². The molecule has 4 heterocycles. The summed E-state index contributed by atoms with van der Waals surface area (Å²) in [6.45, 7) is 37.1. The van der Waals surface area contributed by atoms with Crippen LogP contribution in [-0.2, 0) is 85.3 Å². The van der Waals surface area contributed by atoms with E-state index >= 15 is 0 Å². The summed E-state index contributed by atoms with van der Waals surface area (Å²) in [4.78, 5) is 0. The Kier molecular flexibility index (Phi) is 57.1. The zero-order valence-corrected chi connectivity index (χ0v) is 81.2. The maximum Gasteiger partial charge on any atom is 0.184 e. The van der Waals surface area contributed by atoms with E-state index in [1.54, 1.807) is 64.0 Å². The third-order valence-electron chi connectivity index (χ3n) is 18.4. The molecule has 2 unspecified atom stereocenters. The average molecular weight is 1830 g/mol. The van der Waals surface area contributed by atoms with Crippen molar-refractivity contribution < 1.29 is 128 Å². The Bertz CT molecular complexity index is 4070. The maximum absolute atomic E-state index is 5.59. The summed E-state index contributed by atoms with van der Waals surface area (Å²) in [6.07, 6.45) is -1.48. The van der Waals surface area contributed by atoms with E-state index in [9.17, 15) is 0 Å². The molecule has 9 aromatic rings. The highest BCUT2D eigenvalue weighted by molar-refractivity contribution is 5.35. The monoisotopic (exact) mass is 1830 g/mol. The molecule has 724 valence electrons. The molecule has 0 amide bonds. The largest absolute Gasteiger partial charge is 0.497 e. The number of methoxy groups -OCH3 is 9. The molecule has 13 rings (SSSR count). The zero-order valence-electron chi connectivity index (χ0n) is 81.2. The molecular formula is C104H146O27. The van der Waals surface area contributed by atoms with E-state index < -0.39 is 0 Å². The quantitative estimate of drug-likeness (QED) is 0.0326. The van der Waals surface area contributed by atoms with E-state index in [4.69, 9.17) is 128 Å². The Morgan fingerprint density at radius 1 is 0.237 bits per heavy atom. The second-order valence-corrected chi connectivity index (χ2v) is 29.3. The molecule has 9 aromatic carbocycles. The van der Waals surface area contributed by atoms with Crippen molar-refractivity contribution in [3.05, 3.63) is 268 Å². The molecule has 4 saturated heterocycles. The fraction of sp³-hybridized carbons (Fsp3) is 0.481. The lowest BCUT2D eigenvalue weighted by Crippen LogP contribution is -2.09. The minimum atomic E-state index is -0.307. The van der Waals surface area contributed by atoms with E-state index in [1.165, 1.54) is 0 Å². The van der Waals surface area contributed by atoms with Crippen molar-refractivity contribution in [3.63, 3.8) is 0 Å². The van der Waals surface area contributed by atoms with Crippen LogP contribution in [0.2, 0.25) is 0 Å². The molecule has 0 N–H and O–H groups in total. The highest BCUT2D eigenvalue weighted by Crippen LogP contribution is 2.33. The Labute approximate surface area is 778 Å². The van der Waals surface area contributed by atoms with Crippen LogP contribution in [0.5, 0.6) is 51.7 Å². The molecule has 27 nitrogen and oxygen atoms in total. The van der Waals surface area contributed by atoms with Gasteiger partial charge in [-0.05, 0) is 206 Å². The van der Waals surface area contributed by atoms with Gasteiger partial charge in [0.05, 0.1) is 112 Å². The number of hydrogen-bond acceptors (Lipinski definition) is 27. The van der Waals surface area contributed by atoms with Crippen molar-refractivity contribution in [1.82, 2.24) is 0 Å². The van der Waals surface area contributed by atoms with Gasteiger partial charge in [-0.15, -0.1) is 0 Å². The van der Waals surface area contributed by atoms with Crippen molar-refractivity contribution >= 4 is 0 Å². The molecule has 27 heteroatoms. The van der Waals surface area contributed by atoms with E-state index in [0.29, 0.717) is 92.5 Å². The van der Waals surface area contributed by atoms with E-state index in [1.807, 2.05) is 315 Å². The van der Waals surface area contributed by atoms with Gasteiger partial charge >= 0.3 is 0 Å². The lowest BCUT2D eigenvalue weighted by molar-refractivity contribution is -0.140.